The van der Waals surface area contributed by atoms with Crippen LogP contribution in [0.2, 0.25) is 0 Å². The molecule has 5 nitrogen and oxygen atoms in total. The molecule has 0 spiro atoms. The van der Waals surface area contributed by atoms with Crippen LogP contribution in [0.5, 0.6) is 0 Å². The molecule has 0 radical (unpaired) electrons. The van der Waals surface area contributed by atoms with Gasteiger partial charge in [-0.05, 0) is 32.5 Å². The summed E-state index contributed by atoms with van der Waals surface area (Å²) in [5, 5.41) is 14.2. The predicted octanol–water partition coefficient (Wildman–Crippen LogP) is 2.95. The predicted molar refractivity (Wildman–Crippen MR) is 84.3 cm³/mol. The third-order valence-corrected chi connectivity index (χ3v) is 4.66. The molecule has 21 heavy (non-hydrogen) atoms. The van der Waals surface area contributed by atoms with Crippen LogP contribution < -0.4 is 5.32 Å². The van der Waals surface area contributed by atoms with E-state index in [4.69, 9.17) is 0 Å². The van der Waals surface area contributed by atoms with Crippen molar-refractivity contribution in [2.75, 3.05) is 20.6 Å². The van der Waals surface area contributed by atoms with Crippen molar-refractivity contribution in [2.24, 2.45) is 0 Å². The molecule has 1 fully saturated rings. The first kappa shape index (κ1) is 15.9. The Hall–Kier alpha value is -1.46. The van der Waals surface area contributed by atoms with Gasteiger partial charge in [0.1, 0.15) is 0 Å². The summed E-state index contributed by atoms with van der Waals surface area (Å²) >= 11 is 0. The molecule has 116 valence electrons. The van der Waals surface area contributed by atoms with Gasteiger partial charge < -0.3 is 10.2 Å². The molecule has 0 heterocycles. The van der Waals surface area contributed by atoms with E-state index in [-0.39, 0.29) is 16.1 Å². The molecule has 0 saturated heterocycles. The Morgan fingerprint density at radius 1 is 1.19 bits per heavy atom. The fourth-order valence-corrected chi connectivity index (χ4v) is 3.17. The normalized spacial score (nSPS) is 17.9. The Kier molecular flexibility index (Phi) is 5.31. The van der Waals surface area contributed by atoms with E-state index in [9.17, 15) is 10.1 Å². The molecule has 1 aromatic carbocycles. The first-order chi connectivity index (χ1) is 10.0. The van der Waals surface area contributed by atoms with Crippen molar-refractivity contribution in [2.45, 2.75) is 44.2 Å². The highest BCUT2D eigenvalue weighted by Crippen LogP contribution is 2.31. The average molecular weight is 291 g/mol. The molecule has 2 rings (SSSR count). The zero-order chi connectivity index (χ0) is 15.3. The van der Waals surface area contributed by atoms with Crippen LogP contribution in [0.3, 0.4) is 0 Å². The summed E-state index contributed by atoms with van der Waals surface area (Å²) in [6.07, 6.45) is 6.44. The summed E-state index contributed by atoms with van der Waals surface area (Å²) in [4.78, 5) is 12.6. The van der Waals surface area contributed by atoms with Crippen molar-refractivity contribution in [3.8, 4) is 0 Å². The molecule has 1 aromatic rings. The van der Waals surface area contributed by atoms with E-state index in [1.54, 1.807) is 12.1 Å². The lowest BCUT2D eigenvalue weighted by molar-refractivity contribution is -0.384. The summed E-state index contributed by atoms with van der Waals surface area (Å²) in [6, 6.07) is 6.79. The Morgan fingerprint density at radius 3 is 2.33 bits per heavy atom. The van der Waals surface area contributed by atoms with Gasteiger partial charge in [-0.2, -0.15) is 0 Å². The van der Waals surface area contributed by atoms with Gasteiger partial charge in [0.15, 0.2) is 0 Å². The third-order valence-electron chi connectivity index (χ3n) is 4.66. The fourth-order valence-electron chi connectivity index (χ4n) is 3.17. The molecule has 0 aliphatic heterocycles. The van der Waals surface area contributed by atoms with Crippen molar-refractivity contribution in [1.29, 1.82) is 0 Å². The van der Waals surface area contributed by atoms with E-state index in [0.29, 0.717) is 0 Å². The van der Waals surface area contributed by atoms with E-state index in [0.717, 1.165) is 18.7 Å². The van der Waals surface area contributed by atoms with Gasteiger partial charge in [-0.25, -0.2) is 0 Å². The maximum absolute atomic E-state index is 10.6. The number of hydrogen-bond acceptors (Lipinski definition) is 4. The van der Waals surface area contributed by atoms with Crippen molar-refractivity contribution in [1.82, 2.24) is 10.2 Å². The number of hydrogen-bond donors (Lipinski definition) is 1. The molecular formula is C16H25N3O2. The van der Waals surface area contributed by atoms with Gasteiger partial charge in [0, 0.05) is 30.8 Å². The summed E-state index contributed by atoms with van der Waals surface area (Å²) in [5.74, 6) is 0. The highest BCUT2D eigenvalue weighted by atomic mass is 16.6. The lowest BCUT2D eigenvalue weighted by Gasteiger charge is -2.43. The summed E-state index contributed by atoms with van der Waals surface area (Å²) in [6.45, 7) is 1.73. The van der Waals surface area contributed by atoms with Crippen LogP contribution in [0.15, 0.2) is 24.3 Å². The topological polar surface area (TPSA) is 58.4 Å². The largest absolute Gasteiger partial charge is 0.311 e. The van der Waals surface area contributed by atoms with Crippen LogP contribution >= 0.6 is 0 Å². The van der Waals surface area contributed by atoms with Crippen LogP contribution in [0.25, 0.3) is 0 Å². The number of non-ortho nitro benzene ring substituents is 1. The van der Waals surface area contributed by atoms with Gasteiger partial charge in [-0.1, -0.05) is 31.4 Å². The Balaban J connectivity index is 1.88. The van der Waals surface area contributed by atoms with Gasteiger partial charge in [0.2, 0.25) is 0 Å². The molecule has 1 aliphatic rings. The maximum atomic E-state index is 10.6. The second kappa shape index (κ2) is 7.00. The van der Waals surface area contributed by atoms with Crippen LogP contribution in [0.1, 0.15) is 37.7 Å². The maximum Gasteiger partial charge on any atom is 0.269 e. The minimum Gasteiger partial charge on any atom is -0.311 e. The number of nitro groups is 1. The molecule has 1 saturated carbocycles. The van der Waals surface area contributed by atoms with Gasteiger partial charge in [-0.15, -0.1) is 0 Å². The van der Waals surface area contributed by atoms with Crippen LogP contribution in [-0.4, -0.2) is 36.0 Å². The number of nitrogens with zero attached hydrogens (tertiary/aromatic N) is 2. The van der Waals surface area contributed by atoms with Crippen LogP contribution in [0, 0.1) is 10.1 Å². The number of nitro benzene ring substituents is 1. The summed E-state index contributed by atoms with van der Waals surface area (Å²) in [5.41, 5.74) is 1.50. The van der Waals surface area contributed by atoms with Gasteiger partial charge in [0.05, 0.1) is 4.92 Å². The lowest BCUT2D eigenvalue weighted by Crippen LogP contribution is -2.52. The number of benzene rings is 1. The first-order valence-electron chi connectivity index (χ1n) is 7.65. The first-order valence-corrected chi connectivity index (χ1v) is 7.65. The molecule has 0 bridgehead atoms. The number of nitrogens with one attached hydrogen (secondary N) is 1. The SMILES string of the molecule is CN(C)C1(CNCc2ccc([N+](=O)[O-])cc2)CCCCC1. The van der Waals surface area contributed by atoms with E-state index in [2.05, 4.69) is 24.3 Å². The molecule has 1 N–H and O–H groups in total. The van der Waals surface area contributed by atoms with E-state index >= 15 is 0 Å². The number of rotatable bonds is 6. The minimum absolute atomic E-state index is 0.149. The molecular weight excluding hydrogens is 266 g/mol. The Labute approximate surface area is 126 Å². The smallest absolute Gasteiger partial charge is 0.269 e. The highest BCUT2D eigenvalue weighted by Gasteiger charge is 2.33. The monoisotopic (exact) mass is 291 g/mol. The average Bonchev–Trinajstić information content (AvgIpc) is 2.48. The zero-order valence-electron chi connectivity index (χ0n) is 13.0. The fraction of sp³-hybridized carbons (Fsp3) is 0.625. The van der Waals surface area contributed by atoms with Crippen molar-refractivity contribution in [3.05, 3.63) is 39.9 Å². The van der Waals surface area contributed by atoms with E-state index in [1.807, 2.05) is 12.1 Å². The quantitative estimate of drug-likeness (QED) is 0.646. The second-order valence-electron chi connectivity index (χ2n) is 6.21. The van der Waals surface area contributed by atoms with E-state index in [1.165, 1.54) is 32.1 Å². The standard InChI is InChI=1S/C16H25N3O2/c1-18(2)16(10-4-3-5-11-16)13-17-12-14-6-8-15(9-7-14)19(20)21/h6-9,17H,3-5,10-13H2,1-2H3. The Bertz CT molecular complexity index is 465. The van der Waals surface area contributed by atoms with Gasteiger partial charge in [-0.3, -0.25) is 10.1 Å². The molecule has 0 amide bonds. The number of likely N-dealkylation sites (N-methyl/N-ethyl adjacent to an activating group) is 1. The zero-order valence-corrected chi connectivity index (χ0v) is 13.0. The molecule has 0 aromatic heterocycles. The third kappa shape index (κ3) is 4.02. The molecule has 0 unspecified atom stereocenters. The summed E-state index contributed by atoms with van der Waals surface area (Å²) in [7, 11) is 4.33. The highest BCUT2D eigenvalue weighted by molar-refractivity contribution is 5.32. The van der Waals surface area contributed by atoms with Crippen LogP contribution in [-0.2, 0) is 6.54 Å². The van der Waals surface area contributed by atoms with Crippen molar-refractivity contribution in [3.63, 3.8) is 0 Å². The lowest BCUT2D eigenvalue weighted by atomic mass is 9.80. The van der Waals surface area contributed by atoms with Crippen molar-refractivity contribution >= 4 is 5.69 Å². The van der Waals surface area contributed by atoms with Gasteiger partial charge in [0.25, 0.3) is 5.69 Å². The molecule has 5 heteroatoms. The Morgan fingerprint density at radius 2 is 1.81 bits per heavy atom. The second-order valence-corrected chi connectivity index (χ2v) is 6.21. The minimum atomic E-state index is -0.361. The van der Waals surface area contributed by atoms with E-state index < -0.39 is 0 Å². The molecule has 0 atom stereocenters. The molecule has 1 aliphatic carbocycles. The van der Waals surface area contributed by atoms with Crippen molar-refractivity contribution < 1.29 is 4.92 Å². The van der Waals surface area contributed by atoms with Crippen LogP contribution in [0.4, 0.5) is 5.69 Å². The van der Waals surface area contributed by atoms with Gasteiger partial charge >= 0.3 is 0 Å². The summed E-state index contributed by atoms with van der Waals surface area (Å²) < 4.78 is 0.